The van der Waals surface area contributed by atoms with E-state index in [2.05, 4.69) is 12.2 Å². The van der Waals surface area contributed by atoms with Gasteiger partial charge in [-0.15, -0.1) is 0 Å². The first-order valence-electron chi connectivity index (χ1n) is 4.21. The molecule has 1 saturated heterocycles. The van der Waals surface area contributed by atoms with Crippen LogP contribution in [0, 0.1) is 0 Å². The zero-order valence-corrected chi connectivity index (χ0v) is 6.52. The van der Waals surface area contributed by atoms with Crippen molar-refractivity contribution < 1.29 is 4.74 Å². The van der Waals surface area contributed by atoms with Gasteiger partial charge in [0, 0.05) is 12.1 Å². The summed E-state index contributed by atoms with van der Waals surface area (Å²) in [6.45, 7) is 4.17. The molecule has 1 N–H and O–H groups in total. The van der Waals surface area contributed by atoms with Crippen LogP contribution in [0.3, 0.4) is 0 Å². The average Bonchev–Trinajstić information content (AvgIpc) is 1.72. The smallest absolute Gasteiger partial charge is 0.0610 e. The summed E-state index contributed by atoms with van der Waals surface area (Å²) in [6.07, 6.45) is 4.44. The van der Waals surface area contributed by atoms with Crippen molar-refractivity contribution in [2.24, 2.45) is 0 Å². The highest BCUT2D eigenvalue weighted by atomic mass is 16.5. The average molecular weight is 141 g/mol. The van der Waals surface area contributed by atoms with E-state index < -0.39 is 0 Å². The molecule has 0 aromatic heterocycles. The van der Waals surface area contributed by atoms with Crippen LogP contribution in [0.15, 0.2) is 0 Å². The van der Waals surface area contributed by atoms with Gasteiger partial charge in [-0.3, -0.25) is 0 Å². The van der Waals surface area contributed by atoms with Crippen LogP contribution in [0.4, 0.5) is 0 Å². The zero-order valence-electron chi connectivity index (χ0n) is 6.52. The van der Waals surface area contributed by atoms with Gasteiger partial charge in [-0.1, -0.05) is 0 Å². The van der Waals surface area contributed by atoms with Crippen molar-refractivity contribution in [1.29, 1.82) is 0 Å². The lowest BCUT2D eigenvalue weighted by Crippen LogP contribution is -2.66. The number of ether oxygens (including phenoxy) is 1. The molecule has 0 amide bonds. The predicted octanol–water partition coefficient (Wildman–Crippen LogP) is 0.917. The van der Waals surface area contributed by atoms with Gasteiger partial charge in [0.05, 0.1) is 6.10 Å². The summed E-state index contributed by atoms with van der Waals surface area (Å²) >= 11 is 0. The Hall–Kier alpha value is -0.0800. The standard InChI is InChI=1S/C8H15NO/c1-2-10-7-5-8(6-7)3-4-9-8/h7,9H,2-6H2,1H3. The summed E-state index contributed by atoms with van der Waals surface area (Å²) in [7, 11) is 0. The molecule has 0 radical (unpaired) electrons. The van der Waals surface area contributed by atoms with Gasteiger partial charge >= 0.3 is 0 Å². The molecule has 2 aliphatic rings. The highest BCUT2D eigenvalue weighted by Crippen LogP contribution is 2.41. The molecule has 2 heteroatoms. The second-order valence-electron chi connectivity index (χ2n) is 3.44. The van der Waals surface area contributed by atoms with Crippen molar-refractivity contribution in [2.75, 3.05) is 13.2 Å². The summed E-state index contributed by atoms with van der Waals surface area (Å²) < 4.78 is 5.47. The maximum absolute atomic E-state index is 5.47. The predicted molar refractivity (Wildman–Crippen MR) is 40.0 cm³/mol. The minimum Gasteiger partial charge on any atom is -0.378 e. The Kier molecular flexibility index (Phi) is 1.46. The summed E-state index contributed by atoms with van der Waals surface area (Å²) in [5.74, 6) is 0. The van der Waals surface area contributed by atoms with Gasteiger partial charge in [-0.2, -0.15) is 0 Å². The van der Waals surface area contributed by atoms with Crippen LogP contribution in [0.1, 0.15) is 26.2 Å². The van der Waals surface area contributed by atoms with Gasteiger partial charge in [0.15, 0.2) is 0 Å². The first-order chi connectivity index (χ1) is 4.85. The molecule has 2 rings (SSSR count). The molecule has 1 aliphatic heterocycles. The lowest BCUT2D eigenvalue weighted by Gasteiger charge is -2.54. The zero-order chi connectivity index (χ0) is 7.03. The van der Waals surface area contributed by atoms with E-state index in [0.717, 1.165) is 6.61 Å². The molecule has 2 fully saturated rings. The largest absolute Gasteiger partial charge is 0.378 e. The van der Waals surface area contributed by atoms with E-state index in [1.807, 2.05) is 0 Å². The van der Waals surface area contributed by atoms with E-state index in [0.29, 0.717) is 11.6 Å². The molecule has 0 aromatic carbocycles. The summed E-state index contributed by atoms with van der Waals surface area (Å²) in [5.41, 5.74) is 0.542. The fraction of sp³-hybridized carbons (Fsp3) is 1.00. The van der Waals surface area contributed by atoms with Crippen LogP contribution in [-0.2, 0) is 4.74 Å². The number of hydrogen-bond acceptors (Lipinski definition) is 2. The molecule has 0 unspecified atom stereocenters. The van der Waals surface area contributed by atoms with Gasteiger partial charge in [0.2, 0.25) is 0 Å². The molecular formula is C8H15NO. The van der Waals surface area contributed by atoms with Crippen LogP contribution in [-0.4, -0.2) is 24.8 Å². The fourth-order valence-electron chi connectivity index (χ4n) is 1.99. The van der Waals surface area contributed by atoms with E-state index in [4.69, 9.17) is 4.74 Å². The van der Waals surface area contributed by atoms with Crippen LogP contribution < -0.4 is 5.32 Å². The third kappa shape index (κ3) is 0.867. The minimum atomic E-state index is 0.542. The SMILES string of the molecule is CCOC1CC2(CCN2)C1. The Labute approximate surface area is 61.9 Å². The molecule has 1 saturated carbocycles. The molecule has 0 bridgehead atoms. The van der Waals surface area contributed by atoms with Crippen molar-refractivity contribution in [3.63, 3.8) is 0 Å². The lowest BCUT2D eigenvalue weighted by atomic mass is 9.68. The van der Waals surface area contributed by atoms with Crippen molar-refractivity contribution in [3.8, 4) is 0 Å². The van der Waals surface area contributed by atoms with E-state index in [1.54, 1.807) is 0 Å². The van der Waals surface area contributed by atoms with Crippen LogP contribution in [0.25, 0.3) is 0 Å². The second-order valence-corrected chi connectivity index (χ2v) is 3.44. The molecule has 2 nitrogen and oxygen atoms in total. The molecular weight excluding hydrogens is 126 g/mol. The number of nitrogens with one attached hydrogen (secondary N) is 1. The van der Waals surface area contributed by atoms with Gasteiger partial charge < -0.3 is 10.1 Å². The van der Waals surface area contributed by atoms with Gasteiger partial charge in [0.25, 0.3) is 0 Å². The summed E-state index contributed by atoms with van der Waals surface area (Å²) in [6, 6.07) is 0. The Bertz CT molecular complexity index is 123. The highest BCUT2D eigenvalue weighted by molar-refractivity contribution is 5.07. The molecule has 0 aromatic rings. The third-order valence-electron chi connectivity index (χ3n) is 2.74. The quantitative estimate of drug-likeness (QED) is 0.617. The van der Waals surface area contributed by atoms with E-state index in [9.17, 15) is 0 Å². The van der Waals surface area contributed by atoms with Crippen molar-refractivity contribution >= 4 is 0 Å². The fourth-order valence-corrected chi connectivity index (χ4v) is 1.99. The normalized spacial score (nSPS) is 44.7. The number of rotatable bonds is 2. The Balaban J connectivity index is 1.72. The molecule has 10 heavy (non-hydrogen) atoms. The van der Waals surface area contributed by atoms with Crippen molar-refractivity contribution in [3.05, 3.63) is 0 Å². The Morgan fingerprint density at radius 2 is 2.30 bits per heavy atom. The van der Waals surface area contributed by atoms with E-state index in [-0.39, 0.29) is 0 Å². The first kappa shape index (κ1) is 6.62. The van der Waals surface area contributed by atoms with Gasteiger partial charge in [-0.25, -0.2) is 0 Å². The number of hydrogen-bond donors (Lipinski definition) is 1. The Morgan fingerprint density at radius 3 is 2.70 bits per heavy atom. The molecule has 58 valence electrons. The van der Waals surface area contributed by atoms with Crippen LogP contribution in [0.5, 0.6) is 0 Å². The van der Waals surface area contributed by atoms with E-state index >= 15 is 0 Å². The molecule has 1 aliphatic carbocycles. The monoisotopic (exact) mass is 141 g/mol. The topological polar surface area (TPSA) is 21.3 Å². The molecule has 1 spiro atoms. The van der Waals surface area contributed by atoms with Gasteiger partial charge in [-0.05, 0) is 32.7 Å². The van der Waals surface area contributed by atoms with Crippen LogP contribution >= 0.6 is 0 Å². The maximum atomic E-state index is 5.47. The lowest BCUT2D eigenvalue weighted by molar-refractivity contribution is -0.0754. The molecule has 1 heterocycles. The third-order valence-corrected chi connectivity index (χ3v) is 2.74. The van der Waals surface area contributed by atoms with Crippen LogP contribution in [0.2, 0.25) is 0 Å². The van der Waals surface area contributed by atoms with Crippen molar-refractivity contribution in [1.82, 2.24) is 5.32 Å². The maximum Gasteiger partial charge on any atom is 0.0610 e. The van der Waals surface area contributed by atoms with Gasteiger partial charge in [0.1, 0.15) is 0 Å². The first-order valence-corrected chi connectivity index (χ1v) is 4.21. The summed E-state index contributed by atoms with van der Waals surface area (Å²) in [5, 5.41) is 3.47. The highest BCUT2D eigenvalue weighted by Gasteiger charge is 2.48. The summed E-state index contributed by atoms with van der Waals surface area (Å²) in [4.78, 5) is 0. The van der Waals surface area contributed by atoms with E-state index in [1.165, 1.54) is 25.8 Å². The molecule has 0 atom stereocenters. The second kappa shape index (κ2) is 2.21. The van der Waals surface area contributed by atoms with Crippen molar-refractivity contribution in [2.45, 2.75) is 37.8 Å². The Morgan fingerprint density at radius 1 is 1.60 bits per heavy atom. The minimum absolute atomic E-state index is 0.542.